The second kappa shape index (κ2) is 12.5. The van der Waals surface area contributed by atoms with Crippen molar-refractivity contribution in [2.75, 3.05) is 6.54 Å². The Hall–Kier alpha value is -1.84. The average Bonchev–Trinajstić information content (AvgIpc) is 2.64. The lowest BCUT2D eigenvalue weighted by molar-refractivity contribution is -0.121. The SMILES string of the molecule is Cl.NCCCC(=O)NC(CCc1ccccc1)CCc1ccccc1. The molecule has 0 fully saturated rings. The fraction of sp³-hybridized carbons (Fsp3) is 0.381. The third-order valence-electron chi connectivity index (χ3n) is 4.22. The lowest BCUT2D eigenvalue weighted by Gasteiger charge is -2.19. The summed E-state index contributed by atoms with van der Waals surface area (Å²) in [6.45, 7) is 0.562. The van der Waals surface area contributed by atoms with Crippen LogP contribution in [0, 0.1) is 0 Å². The molecule has 0 atom stereocenters. The van der Waals surface area contributed by atoms with Crippen LogP contribution in [0.2, 0.25) is 0 Å². The number of hydrogen-bond acceptors (Lipinski definition) is 2. The number of aryl methyl sites for hydroxylation is 2. The summed E-state index contributed by atoms with van der Waals surface area (Å²) in [6.07, 6.45) is 5.16. The van der Waals surface area contributed by atoms with Gasteiger partial charge in [-0.05, 0) is 49.8 Å². The van der Waals surface area contributed by atoms with Gasteiger partial charge in [-0.2, -0.15) is 0 Å². The number of rotatable bonds is 10. The zero-order chi connectivity index (χ0) is 17.0. The molecular weight excluding hydrogens is 332 g/mol. The van der Waals surface area contributed by atoms with E-state index in [9.17, 15) is 4.79 Å². The fourth-order valence-electron chi connectivity index (χ4n) is 2.82. The Labute approximate surface area is 157 Å². The first-order chi connectivity index (χ1) is 11.8. The molecule has 3 nitrogen and oxygen atoms in total. The molecule has 2 rings (SSSR count). The van der Waals surface area contributed by atoms with Gasteiger partial charge in [-0.1, -0.05) is 60.7 Å². The molecule has 2 aromatic rings. The van der Waals surface area contributed by atoms with Crippen LogP contribution in [-0.2, 0) is 17.6 Å². The van der Waals surface area contributed by atoms with Crippen molar-refractivity contribution >= 4 is 18.3 Å². The first-order valence-electron chi connectivity index (χ1n) is 8.85. The minimum Gasteiger partial charge on any atom is -0.353 e. The molecule has 0 radical (unpaired) electrons. The van der Waals surface area contributed by atoms with Gasteiger partial charge in [-0.15, -0.1) is 12.4 Å². The van der Waals surface area contributed by atoms with Gasteiger partial charge in [0.05, 0.1) is 0 Å². The van der Waals surface area contributed by atoms with Crippen LogP contribution in [0.4, 0.5) is 0 Å². The van der Waals surface area contributed by atoms with E-state index in [2.05, 4.69) is 53.8 Å². The van der Waals surface area contributed by atoms with E-state index < -0.39 is 0 Å². The summed E-state index contributed by atoms with van der Waals surface area (Å²) < 4.78 is 0. The molecule has 0 heterocycles. The highest BCUT2D eigenvalue weighted by molar-refractivity contribution is 5.85. The highest BCUT2D eigenvalue weighted by Gasteiger charge is 2.12. The third kappa shape index (κ3) is 8.71. The van der Waals surface area contributed by atoms with Crippen LogP contribution in [0.3, 0.4) is 0 Å². The Balaban J connectivity index is 0.00000312. The van der Waals surface area contributed by atoms with Gasteiger partial charge in [0.1, 0.15) is 0 Å². The van der Waals surface area contributed by atoms with Crippen LogP contribution >= 0.6 is 12.4 Å². The summed E-state index contributed by atoms with van der Waals surface area (Å²) in [7, 11) is 0. The molecule has 25 heavy (non-hydrogen) atoms. The molecule has 136 valence electrons. The van der Waals surface area contributed by atoms with Gasteiger partial charge < -0.3 is 11.1 Å². The molecular formula is C21H29ClN2O. The molecule has 3 N–H and O–H groups in total. The number of amides is 1. The van der Waals surface area contributed by atoms with Gasteiger partial charge in [-0.25, -0.2) is 0 Å². The third-order valence-corrected chi connectivity index (χ3v) is 4.22. The molecule has 1 amide bonds. The Kier molecular flexibility index (Phi) is 10.6. The van der Waals surface area contributed by atoms with Crippen molar-refractivity contribution in [3.05, 3.63) is 71.8 Å². The quantitative estimate of drug-likeness (QED) is 0.675. The van der Waals surface area contributed by atoms with E-state index in [1.807, 2.05) is 12.1 Å². The van der Waals surface area contributed by atoms with Crippen molar-refractivity contribution in [2.45, 2.75) is 44.6 Å². The van der Waals surface area contributed by atoms with Gasteiger partial charge >= 0.3 is 0 Å². The predicted molar refractivity (Wildman–Crippen MR) is 107 cm³/mol. The summed E-state index contributed by atoms with van der Waals surface area (Å²) in [5.41, 5.74) is 8.13. The highest BCUT2D eigenvalue weighted by Crippen LogP contribution is 2.11. The molecule has 0 aliphatic rings. The van der Waals surface area contributed by atoms with Crippen molar-refractivity contribution in [3.8, 4) is 0 Å². The standard InChI is InChI=1S/C21H28N2O.ClH/c22-17-7-12-21(24)23-20(15-13-18-8-3-1-4-9-18)16-14-19-10-5-2-6-11-19;/h1-6,8-11,20H,7,12-17,22H2,(H,23,24);1H. The maximum absolute atomic E-state index is 12.1. The topological polar surface area (TPSA) is 55.1 Å². The lowest BCUT2D eigenvalue weighted by atomic mass is 9.99. The largest absolute Gasteiger partial charge is 0.353 e. The van der Waals surface area contributed by atoms with Crippen molar-refractivity contribution in [1.29, 1.82) is 0 Å². The summed E-state index contributed by atoms with van der Waals surface area (Å²) in [4.78, 5) is 12.1. The first-order valence-corrected chi connectivity index (χ1v) is 8.85. The number of hydrogen-bond donors (Lipinski definition) is 2. The fourth-order valence-corrected chi connectivity index (χ4v) is 2.82. The molecule has 0 aromatic heterocycles. The molecule has 0 aliphatic carbocycles. The maximum Gasteiger partial charge on any atom is 0.220 e. The van der Waals surface area contributed by atoms with E-state index >= 15 is 0 Å². The Morgan fingerprint density at radius 1 is 0.880 bits per heavy atom. The molecule has 4 heteroatoms. The van der Waals surface area contributed by atoms with E-state index in [-0.39, 0.29) is 24.4 Å². The Bertz CT molecular complexity index is 546. The molecule has 0 unspecified atom stereocenters. The van der Waals surface area contributed by atoms with Crippen LogP contribution in [0.25, 0.3) is 0 Å². The number of nitrogens with one attached hydrogen (secondary N) is 1. The molecule has 0 saturated carbocycles. The molecule has 0 aliphatic heterocycles. The molecule has 2 aromatic carbocycles. The van der Waals surface area contributed by atoms with Crippen LogP contribution in [0.1, 0.15) is 36.8 Å². The summed E-state index contributed by atoms with van der Waals surface area (Å²) in [5, 5.41) is 3.20. The summed E-state index contributed by atoms with van der Waals surface area (Å²) in [5.74, 6) is 0.117. The van der Waals surface area contributed by atoms with Gasteiger partial charge in [0.25, 0.3) is 0 Å². The number of carbonyl (C=O) groups is 1. The van der Waals surface area contributed by atoms with Gasteiger partial charge in [0, 0.05) is 12.5 Å². The normalized spacial score (nSPS) is 10.3. The van der Waals surface area contributed by atoms with E-state index in [0.717, 1.165) is 32.1 Å². The maximum atomic E-state index is 12.1. The number of nitrogens with two attached hydrogens (primary N) is 1. The Morgan fingerprint density at radius 2 is 1.36 bits per heavy atom. The number of benzene rings is 2. The van der Waals surface area contributed by atoms with Crippen molar-refractivity contribution < 1.29 is 4.79 Å². The second-order valence-electron chi connectivity index (χ2n) is 6.21. The monoisotopic (exact) mass is 360 g/mol. The minimum absolute atomic E-state index is 0. The van der Waals surface area contributed by atoms with Crippen molar-refractivity contribution in [2.24, 2.45) is 5.73 Å². The average molecular weight is 361 g/mol. The molecule has 0 bridgehead atoms. The summed E-state index contributed by atoms with van der Waals surface area (Å²) >= 11 is 0. The molecule has 0 saturated heterocycles. The van der Waals surface area contributed by atoms with Crippen LogP contribution in [-0.4, -0.2) is 18.5 Å². The van der Waals surface area contributed by atoms with E-state index in [0.29, 0.717) is 13.0 Å². The van der Waals surface area contributed by atoms with E-state index in [4.69, 9.17) is 5.73 Å². The second-order valence-corrected chi connectivity index (χ2v) is 6.21. The van der Waals surface area contributed by atoms with E-state index in [1.54, 1.807) is 0 Å². The van der Waals surface area contributed by atoms with Crippen LogP contribution in [0.15, 0.2) is 60.7 Å². The van der Waals surface area contributed by atoms with Gasteiger partial charge in [0.15, 0.2) is 0 Å². The number of carbonyl (C=O) groups excluding carboxylic acids is 1. The van der Waals surface area contributed by atoms with Gasteiger partial charge in [0.2, 0.25) is 5.91 Å². The van der Waals surface area contributed by atoms with Crippen LogP contribution < -0.4 is 11.1 Å². The lowest BCUT2D eigenvalue weighted by Crippen LogP contribution is -2.35. The zero-order valence-electron chi connectivity index (χ0n) is 14.7. The summed E-state index contributed by atoms with van der Waals surface area (Å²) in [6, 6.07) is 21.1. The first kappa shape index (κ1) is 21.2. The zero-order valence-corrected chi connectivity index (χ0v) is 15.5. The van der Waals surface area contributed by atoms with Gasteiger partial charge in [-0.3, -0.25) is 4.79 Å². The highest BCUT2D eigenvalue weighted by atomic mass is 35.5. The smallest absolute Gasteiger partial charge is 0.220 e. The van der Waals surface area contributed by atoms with E-state index in [1.165, 1.54) is 11.1 Å². The van der Waals surface area contributed by atoms with Crippen molar-refractivity contribution in [3.63, 3.8) is 0 Å². The molecule has 0 spiro atoms. The Morgan fingerprint density at radius 3 is 1.80 bits per heavy atom. The van der Waals surface area contributed by atoms with Crippen molar-refractivity contribution in [1.82, 2.24) is 5.32 Å². The predicted octanol–water partition coefficient (Wildman–Crippen LogP) is 3.90. The minimum atomic E-state index is 0. The number of halogens is 1. The van der Waals surface area contributed by atoms with Crippen LogP contribution in [0.5, 0.6) is 0 Å².